The summed E-state index contributed by atoms with van der Waals surface area (Å²) in [5.74, 6) is -0.370. The van der Waals surface area contributed by atoms with E-state index < -0.39 is 0 Å². The molecule has 0 radical (unpaired) electrons. The Kier molecular flexibility index (Phi) is 3.01. The molecular formula is C11H11ClN4O. The van der Waals surface area contributed by atoms with E-state index in [1.807, 2.05) is 13.0 Å². The molecule has 0 aliphatic carbocycles. The maximum atomic E-state index is 11.8. The average molecular weight is 251 g/mol. The third-order valence-electron chi connectivity index (χ3n) is 2.27. The van der Waals surface area contributed by atoms with Crippen LogP contribution in [-0.2, 0) is 0 Å². The molecule has 4 N–H and O–H groups in total. The van der Waals surface area contributed by atoms with Crippen LogP contribution in [-0.4, -0.2) is 16.1 Å². The van der Waals surface area contributed by atoms with Crippen molar-refractivity contribution in [2.24, 2.45) is 0 Å². The van der Waals surface area contributed by atoms with Gasteiger partial charge in [0.15, 0.2) is 0 Å². The summed E-state index contributed by atoms with van der Waals surface area (Å²) in [6.45, 7) is 1.92. The van der Waals surface area contributed by atoms with E-state index in [-0.39, 0.29) is 11.6 Å². The van der Waals surface area contributed by atoms with Crippen LogP contribution in [0.1, 0.15) is 16.1 Å². The molecule has 0 bridgehead atoms. The zero-order valence-electron chi connectivity index (χ0n) is 9.12. The summed E-state index contributed by atoms with van der Waals surface area (Å²) in [6, 6.07) is 5.37. The summed E-state index contributed by atoms with van der Waals surface area (Å²) in [6.07, 6.45) is 1.38. The second-order valence-corrected chi connectivity index (χ2v) is 4.04. The van der Waals surface area contributed by atoms with Crippen molar-refractivity contribution in [3.05, 3.63) is 40.7 Å². The first-order valence-corrected chi connectivity index (χ1v) is 5.32. The Hall–Kier alpha value is -2.01. The molecule has 0 saturated carbocycles. The molecular weight excluding hydrogens is 240 g/mol. The molecule has 5 nitrogen and oxygen atoms in total. The molecule has 1 amide bonds. The van der Waals surface area contributed by atoms with Crippen LogP contribution in [0, 0.1) is 6.92 Å². The van der Waals surface area contributed by atoms with Crippen molar-refractivity contribution in [3.8, 4) is 0 Å². The van der Waals surface area contributed by atoms with Crippen LogP contribution in [0.3, 0.4) is 0 Å². The van der Waals surface area contributed by atoms with E-state index in [0.29, 0.717) is 16.4 Å². The van der Waals surface area contributed by atoms with Crippen LogP contribution in [0.25, 0.3) is 0 Å². The van der Waals surface area contributed by atoms with Crippen LogP contribution in [0.2, 0.25) is 5.02 Å². The highest BCUT2D eigenvalue weighted by Crippen LogP contribution is 2.23. The van der Waals surface area contributed by atoms with Crippen molar-refractivity contribution in [3.63, 3.8) is 0 Å². The fourth-order valence-electron chi connectivity index (χ4n) is 1.38. The molecule has 88 valence electrons. The first-order chi connectivity index (χ1) is 8.08. The van der Waals surface area contributed by atoms with Gasteiger partial charge >= 0.3 is 0 Å². The Labute approximate surface area is 103 Å². The zero-order valence-corrected chi connectivity index (χ0v) is 9.88. The van der Waals surface area contributed by atoms with Crippen molar-refractivity contribution in [1.82, 2.24) is 10.2 Å². The van der Waals surface area contributed by atoms with Gasteiger partial charge in [-0.05, 0) is 24.6 Å². The van der Waals surface area contributed by atoms with Crippen molar-refractivity contribution in [2.45, 2.75) is 6.92 Å². The summed E-state index contributed by atoms with van der Waals surface area (Å²) < 4.78 is 0. The number of nitrogens with zero attached hydrogens (tertiary/aromatic N) is 1. The number of aryl methyl sites for hydroxylation is 1. The summed E-state index contributed by atoms with van der Waals surface area (Å²) >= 11 is 6.00. The molecule has 0 unspecified atom stereocenters. The maximum absolute atomic E-state index is 11.8. The molecule has 1 aromatic heterocycles. The summed E-state index contributed by atoms with van der Waals surface area (Å²) in [4.78, 5) is 11.8. The summed E-state index contributed by atoms with van der Waals surface area (Å²) in [7, 11) is 0. The monoisotopic (exact) mass is 250 g/mol. The number of hydrogen-bond acceptors (Lipinski definition) is 3. The summed E-state index contributed by atoms with van der Waals surface area (Å²) in [5, 5.41) is 9.34. The van der Waals surface area contributed by atoms with E-state index in [4.69, 9.17) is 17.3 Å². The number of halogens is 1. The van der Waals surface area contributed by atoms with Gasteiger partial charge in [0.05, 0.1) is 22.6 Å². The lowest BCUT2D eigenvalue weighted by Crippen LogP contribution is -2.14. The SMILES string of the molecule is Cc1ccc(NC(=O)c2[nH]ncc2N)c(Cl)c1. The van der Waals surface area contributed by atoms with Gasteiger partial charge in [0.1, 0.15) is 5.69 Å². The number of nitrogens with one attached hydrogen (secondary N) is 2. The number of anilines is 2. The van der Waals surface area contributed by atoms with Gasteiger partial charge in [-0.25, -0.2) is 0 Å². The summed E-state index contributed by atoms with van der Waals surface area (Å²) in [5.41, 5.74) is 7.65. The Morgan fingerprint density at radius 3 is 2.88 bits per heavy atom. The minimum absolute atomic E-state index is 0.224. The standard InChI is InChI=1S/C11H11ClN4O/c1-6-2-3-9(7(12)4-6)15-11(17)10-8(13)5-14-16-10/h2-5H,13H2,1H3,(H,14,16)(H,15,17). The van der Waals surface area contributed by atoms with Crippen molar-refractivity contribution in [1.29, 1.82) is 0 Å². The molecule has 0 atom stereocenters. The van der Waals surface area contributed by atoms with Gasteiger partial charge < -0.3 is 11.1 Å². The normalized spacial score (nSPS) is 10.2. The Bertz CT molecular complexity index is 564. The first kappa shape index (κ1) is 11.5. The Balaban J connectivity index is 2.22. The number of rotatable bonds is 2. The largest absolute Gasteiger partial charge is 0.396 e. The number of nitrogen functional groups attached to an aromatic ring is 1. The molecule has 6 heteroatoms. The number of H-pyrrole nitrogens is 1. The van der Waals surface area contributed by atoms with Gasteiger partial charge in [0, 0.05) is 0 Å². The van der Waals surface area contributed by atoms with Crippen LogP contribution in [0.5, 0.6) is 0 Å². The van der Waals surface area contributed by atoms with Gasteiger partial charge in [-0.2, -0.15) is 5.10 Å². The molecule has 17 heavy (non-hydrogen) atoms. The number of carbonyl (C=O) groups excluding carboxylic acids is 1. The number of nitrogens with two attached hydrogens (primary N) is 1. The lowest BCUT2D eigenvalue weighted by atomic mass is 10.2. The molecule has 0 aliphatic heterocycles. The number of amides is 1. The number of aromatic amines is 1. The first-order valence-electron chi connectivity index (χ1n) is 4.94. The third kappa shape index (κ3) is 2.39. The van der Waals surface area contributed by atoms with Gasteiger partial charge in [-0.15, -0.1) is 0 Å². The number of hydrogen-bond donors (Lipinski definition) is 3. The van der Waals surface area contributed by atoms with Crippen molar-refractivity contribution in [2.75, 3.05) is 11.1 Å². The number of aromatic nitrogens is 2. The van der Waals surface area contributed by atoms with E-state index in [2.05, 4.69) is 15.5 Å². The minimum atomic E-state index is -0.370. The van der Waals surface area contributed by atoms with Crippen LogP contribution < -0.4 is 11.1 Å². The molecule has 0 aliphatic rings. The van der Waals surface area contributed by atoms with Crippen LogP contribution in [0.15, 0.2) is 24.4 Å². The molecule has 0 saturated heterocycles. The fourth-order valence-corrected chi connectivity index (χ4v) is 1.67. The smallest absolute Gasteiger partial charge is 0.275 e. The topological polar surface area (TPSA) is 83.8 Å². The van der Waals surface area contributed by atoms with E-state index >= 15 is 0 Å². The Morgan fingerprint density at radius 1 is 1.53 bits per heavy atom. The number of benzene rings is 1. The molecule has 2 aromatic rings. The molecule has 1 heterocycles. The second-order valence-electron chi connectivity index (χ2n) is 3.64. The van der Waals surface area contributed by atoms with E-state index in [0.717, 1.165) is 5.56 Å². The van der Waals surface area contributed by atoms with Crippen LogP contribution in [0.4, 0.5) is 11.4 Å². The van der Waals surface area contributed by atoms with E-state index in [1.165, 1.54) is 6.20 Å². The molecule has 0 fully saturated rings. The predicted octanol–water partition coefficient (Wildman–Crippen LogP) is 2.21. The second kappa shape index (κ2) is 4.47. The van der Waals surface area contributed by atoms with Crippen molar-refractivity contribution < 1.29 is 4.79 Å². The fraction of sp³-hybridized carbons (Fsp3) is 0.0909. The van der Waals surface area contributed by atoms with Gasteiger partial charge in [-0.3, -0.25) is 9.89 Å². The highest BCUT2D eigenvalue weighted by Gasteiger charge is 2.13. The average Bonchev–Trinajstić information content (AvgIpc) is 2.68. The maximum Gasteiger partial charge on any atom is 0.275 e. The van der Waals surface area contributed by atoms with E-state index in [1.54, 1.807) is 12.1 Å². The Morgan fingerprint density at radius 2 is 2.29 bits per heavy atom. The van der Waals surface area contributed by atoms with Gasteiger partial charge in [0.25, 0.3) is 5.91 Å². The lowest BCUT2D eigenvalue weighted by molar-refractivity contribution is 0.102. The highest BCUT2D eigenvalue weighted by molar-refractivity contribution is 6.34. The number of carbonyl (C=O) groups is 1. The van der Waals surface area contributed by atoms with E-state index in [9.17, 15) is 4.79 Å². The quantitative estimate of drug-likeness (QED) is 0.764. The molecule has 0 spiro atoms. The molecule has 2 rings (SSSR count). The molecule has 1 aromatic carbocycles. The zero-order chi connectivity index (χ0) is 12.4. The van der Waals surface area contributed by atoms with Crippen molar-refractivity contribution >= 4 is 28.9 Å². The predicted molar refractivity (Wildman–Crippen MR) is 67.1 cm³/mol. The van der Waals surface area contributed by atoms with Gasteiger partial charge in [0.2, 0.25) is 0 Å². The van der Waals surface area contributed by atoms with Crippen LogP contribution >= 0.6 is 11.6 Å². The third-order valence-corrected chi connectivity index (χ3v) is 2.58. The minimum Gasteiger partial charge on any atom is -0.396 e. The lowest BCUT2D eigenvalue weighted by Gasteiger charge is -2.07. The highest BCUT2D eigenvalue weighted by atomic mass is 35.5. The van der Waals surface area contributed by atoms with Gasteiger partial charge in [-0.1, -0.05) is 17.7 Å².